The van der Waals surface area contributed by atoms with E-state index >= 15 is 0 Å². The molecule has 0 saturated heterocycles. The molecule has 17 heavy (non-hydrogen) atoms. The molecular formula is C14H21NO2. The lowest BCUT2D eigenvalue weighted by molar-refractivity contribution is -0.0131. The third kappa shape index (κ3) is 2.29. The molecule has 3 heteroatoms. The van der Waals surface area contributed by atoms with E-state index in [0.717, 1.165) is 30.6 Å². The monoisotopic (exact) mass is 235 g/mol. The van der Waals surface area contributed by atoms with Crippen molar-refractivity contribution < 1.29 is 9.84 Å². The maximum atomic E-state index is 10.6. The summed E-state index contributed by atoms with van der Waals surface area (Å²) >= 11 is 0. The standard InChI is InChI=1S/C14H21NO2/c1-4-7-17-12-8-11(9-15-10-12)14(3,16)13(2)5-6-13/h8-10,16H,4-7H2,1-3H3. The van der Waals surface area contributed by atoms with E-state index < -0.39 is 5.60 Å². The number of nitrogens with zero attached hydrogens (tertiary/aromatic N) is 1. The molecule has 1 aromatic heterocycles. The topological polar surface area (TPSA) is 42.4 Å². The molecule has 2 rings (SSSR count). The Kier molecular flexibility index (Phi) is 3.13. The van der Waals surface area contributed by atoms with Gasteiger partial charge in [0.25, 0.3) is 0 Å². The number of aliphatic hydroxyl groups is 1. The number of pyridine rings is 1. The highest BCUT2D eigenvalue weighted by molar-refractivity contribution is 5.30. The number of hydrogen-bond donors (Lipinski definition) is 1. The zero-order valence-corrected chi connectivity index (χ0v) is 10.9. The van der Waals surface area contributed by atoms with Gasteiger partial charge < -0.3 is 9.84 Å². The van der Waals surface area contributed by atoms with Crippen molar-refractivity contribution in [1.29, 1.82) is 0 Å². The first-order valence-corrected chi connectivity index (χ1v) is 6.30. The SMILES string of the molecule is CCCOc1cncc(C(C)(O)C2(C)CC2)c1. The summed E-state index contributed by atoms with van der Waals surface area (Å²) in [7, 11) is 0. The van der Waals surface area contributed by atoms with Crippen LogP contribution in [0.4, 0.5) is 0 Å². The van der Waals surface area contributed by atoms with Gasteiger partial charge in [0, 0.05) is 17.2 Å². The summed E-state index contributed by atoms with van der Waals surface area (Å²) in [5.74, 6) is 0.744. The predicted octanol–water partition coefficient (Wildman–Crippen LogP) is 2.88. The molecule has 0 spiro atoms. The van der Waals surface area contributed by atoms with Gasteiger partial charge in [-0.25, -0.2) is 0 Å². The lowest BCUT2D eigenvalue weighted by Gasteiger charge is -2.30. The summed E-state index contributed by atoms with van der Waals surface area (Å²) in [4.78, 5) is 4.16. The van der Waals surface area contributed by atoms with E-state index in [-0.39, 0.29) is 5.41 Å². The van der Waals surface area contributed by atoms with Crippen LogP contribution in [0.15, 0.2) is 18.5 Å². The fourth-order valence-electron chi connectivity index (χ4n) is 2.01. The molecule has 1 atom stereocenters. The van der Waals surface area contributed by atoms with Crippen molar-refractivity contribution in [2.45, 2.75) is 45.6 Å². The van der Waals surface area contributed by atoms with Gasteiger partial charge in [-0.2, -0.15) is 0 Å². The molecule has 1 aliphatic rings. The predicted molar refractivity (Wildman–Crippen MR) is 66.9 cm³/mol. The van der Waals surface area contributed by atoms with Crippen LogP contribution in [-0.2, 0) is 5.60 Å². The van der Waals surface area contributed by atoms with Gasteiger partial charge in [-0.1, -0.05) is 13.8 Å². The highest BCUT2D eigenvalue weighted by Gasteiger charge is 2.53. The van der Waals surface area contributed by atoms with E-state index in [9.17, 15) is 5.11 Å². The van der Waals surface area contributed by atoms with Crippen LogP contribution in [0.1, 0.15) is 45.6 Å². The van der Waals surface area contributed by atoms with Gasteiger partial charge in [0.05, 0.1) is 18.4 Å². The minimum atomic E-state index is -0.814. The van der Waals surface area contributed by atoms with Gasteiger partial charge in [-0.15, -0.1) is 0 Å². The first kappa shape index (κ1) is 12.4. The molecule has 1 N–H and O–H groups in total. The van der Waals surface area contributed by atoms with Crippen LogP contribution in [-0.4, -0.2) is 16.7 Å². The van der Waals surface area contributed by atoms with Gasteiger partial charge in [0.2, 0.25) is 0 Å². The Morgan fingerprint density at radius 2 is 2.18 bits per heavy atom. The second kappa shape index (κ2) is 4.30. The average Bonchev–Trinajstić information content (AvgIpc) is 3.07. The van der Waals surface area contributed by atoms with E-state index in [1.807, 2.05) is 13.0 Å². The highest BCUT2D eigenvalue weighted by Crippen LogP contribution is 2.57. The Bertz CT molecular complexity index is 397. The van der Waals surface area contributed by atoms with Crippen LogP contribution in [0, 0.1) is 5.41 Å². The number of aromatic nitrogens is 1. The van der Waals surface area contributed by atoms with Gasteiger partial charge in [-0.3, -0.25) is 4.98 Å². The molecule has 0 radical (unpaired) electrons. The first-order chi connectivity index (χ1) is 7.99. The summed E-state index contributed by atoms with van der Waals surface area (Å²) in [6.45, 7) is 6.75. The Balaban J connectivity index is 2.20. The molecule has 0 aliphatic heterocycles. The van der Waals surface area contributed by atoms with E-state index in [0.29, 0.717) is 6.61 Å². The van der Waals surface area contributed by atoms with Crippen LogP contribution in [0.3, 0.4) is 0 Å². The summed E-state index contributed by atoms with van der Waals surface area (Å²) in [5.41, 5.74) is 0.0370. The van der Waals surface area contributed by atoms with Crippen molar-refractivity contribution in [3.8, 4) is 5.75 Å². The molecule has 94 valence electrons. The zero-order valence-electron chi connectivity index (χ0n) is 10.9. The van der Waals surface area contributed by atoms with Crippen LogP contribution < -0.4 is 4.74 Å². The molecule has 1 fully saturated rings. The smallest absolute Gasteiger partial charge is 0.137 e. The van der Waals surface area contributed by atoms with Crippen LogP contribution in [0.5, 0.6) is 5.75 Å². The lowest BCUT2D eigenvalue weighted by atomic mass is 9.82. The Labute approximate surface area is 103 Å². The van der Waals surface area contributed by atoms with Crippen molar-refractivity contribution in [2.24, 2.45) is 5.41 Å². The van der Waals surface area contributed by atoms with Gasteiger partial charge in [0.1, 0.15) is 5.75 Å². The van der Waals surface area contributed by atoms with E-state index in [4.69, 9.17) is 4.74 Å². The minimum Gasteiger partial charge on any atom is -0.492 e. The molecule has 1 aliphatic carbocycles. The van der Waals surface area contributed by atoms with E-state index in [2.05, 4.69) is 18.8 Å². The second-order valence-electron chi connectivity index (χ2n) is 5.39. The highest BCUT2D eigenvalue weighted by atomic mass is 16.5. The molecular weight excluding hydrogens is 214 g/mol. The third-order valence-electron chi connectivity index (χ3n) is 3.92. The van der Waals surface area contributed by atoms with Gasteiger partial charge in [-0.05, 0) is 32.3 Å². The maximum absolute atomic E-state index is 10.6. The minimum absolute atomic E-state index is 0.00192. The van der Waals surface area contributed by atoms with Crippen molar-refractivity contribution in [2.75, 3.05) is 6.61 Å². The second-order valence-corrected chi connectivity index (χ2v) is 5.39. The summed E-state index contributed by atoms with van der Waals surface area (Å²) in [6.07, 6.45) is 6.55. The first-order valence-electron chi connectivity index (χ1n) is 6.30. The van der Waals surface area contributed by atoms with Crippen LogP contribution >= 0.6 is 0 Å². The summed E-state index contributed by atoms with van der Waals surface area (Å²) in [6, 6.07) is 1.91. The fraction of sp³-hybridized carbons (Fsp3) is 0.643. The van der Waals surface area contributed by atoms with Crippen molar-refractivity contribution in [3.05, 3.63) is 24.0 Å². The molecule has 1 saturated carbocycles. The lowest BCUT2D eigenvalue weighted by Crippen LogP contribution is -2.31. The molecule has 0 amide bonds. The van der Waals surface area contributed by atoms with Gasteiger partial charge >= 0.3 is 0 Å². The Morgan fingerprint density at radius 3 is 2.76 bits per heavy atom. The largest absolute Gasteiger partial charge is 0.492 e. The number of hydrogen-bond acceptors (Lipinski definition) is 3. The normalized spacial score (nSPS) is 20.7. The van der Waals surface area contributed by atoms with Crippen molar-refractivity contribution >= 4 is 0 Å². The van der Waals surface area contributed by atoms with Crippen molar-refractivity contribution in [1.82, 2.24) is 4.98 Å². The number of ether oxygens (including phenoxy) is 1. The van der Waals surface area contributed by atoms with Crippen molar-refractivity contribution in [3.63, 3.8) is 0 Å². The molecule has 0 aromatic carbocycles. The average molecular weight is 235 g/mol. The molecule has 1 aromatic rings. The molecule has 1 heterocycles. The molecule has 3 nitrogen and oxygen atoms in total. The van der Waals surface area contributed by atoms with Gasteiger partial charge in [0.15, 0.2) is 0 Å². The fourth-order valence-corrected chi connectivity index (χ4v) is 2.01. The van der Waals surface area contributed by atoms with E-state index in [1.54, 1.807) is 12.4 Å². The molecule has 1 unspecified atom stereocenters. The quantitative estimate of drug-likeness (QED) is 0.853. The number of rotatable bonds is 5. The van der Waals surface area contributed by atoms with Crippen LogP contribution in [0.25, 0.3) is 0 Å². The zero-order chi connectivity index (χ0) is 12.5. The third-order valence-corrected chi connectivity index (χ3v) is 3.92. The Hall–Kier alpha value is -1.09. The van der Waals surface area contributed by atoms with Crippen LogP contribution in [0.2, 0.25) is 0 Å². The van der Waals surface area contributed by atoms with E-state index in [1.165, 1.54) is 0 Å². The summed E-state index contributed by atoms with van der Waals surface area (Å²) in [5, 5.41) is 10.6. The Morgan fingerprint density at radius 1 is 1.47 bits per heavy atom. The molecule has 0 bridgehead atoms. The maximum Gasteiger partial charge on any atom is 0.137 e. The summed E-state index contributed by atoms with van der Waals surface area (Å²) < 4.78 is 5.55.